The summed E-state index contributed by atoms with van der Waals surface area (Å²) in [7, 11) is 0. The first-order valence-electron chi connectivity index (χ1n) is 9.71. The maximum Gasteiger partial charge on any atom is 0.225 e. The molecule has 0 N–H and O–H groups in total. The molecule has 0 spiro atoms. The van der Waals surface area contributed by atoms with Gasteiger partial charge < -0.3 is 9.80 Å². The minimum absolute atomic E-state index is 0.402. The third-order valence-electron chi connectivity index (χ3n) is 5.01. The first-order chi connectivity index (χ1) is 13.5. The summed E-state index contributed by atoms with van der Waals surface area (Å²) in [5.41, 5.74) is 3.11. The fourth-order valence-corrected chi connectivity index (χ4v) is 3.43. The molecule has 0 aliphatic carbocycles. The lowest BCUT2D eigenvalue weighted by atomic mass is 10.1. The molecule has 4 heterocycles. The molecule has 28 heavy (non-hydrogen) atoms. The van der Waals surface area contributed by atoms with Gasteiger partial charge >= 0.3 is 0 Å². The molecule has 0 saturated carbocycles. The first kappa shape index (κ1) is 18.3. The summed E-state index contributed by atoms with van der Waals surface area (Å²) >= 11 is 0. The second-order valence-corrected chi connectivity index (χ2v) is 7.50. The van der Waals surface area contributed by atoms with E-state index in [-0.39, 0.29) is 0 Å². The zero-order valence-corrected chi connectivity index (χ0v) is 16.9. The second kappa shape index (κ2) is 7.53. The average molecular weight is 378 g/mol. The number of anilines is 2. The Balaban J connectivity index is 1.42. The molecule has 3 aromatic rings. The van der Waals surface area contributed by atoms with Crippen LogP contribution in [0.5, 0.6) is 0 Å². The summed E-state index contributed by atoms with van der Waals surface area (Å²) in [5.74, 6) is 2.85. The molecule has 8 nitrogen and oxygen atoms in total. The Kier molecular flexibility index (Phi) is 4.93. The quantitative estimate of drug-likeness (QED) is 0.690. The molecule has 4 rings (SSSR count). The maximum absolute atomic E-state index is 4.71. The molecule has 1 fully saturated rings. The van der Waals surface area contributed by atoms with Gasteiger partial charge in [-0.3, -0.25) is 0 Å². The molecular weight excluding hydrogens is 352 g/mol. The predicted octanol–water partition coefficient (Wildman–Crippen LogP) is 2.52. The third kappa shape index (κ3) is 3.67. The van der Waals surface area contributed by atoms with E-state index in [1.807, 2.05) is 49.0 Å². The molecule has 0 aromatic carbocycles. The van der Waals surface area contributed by atoms with Gasteiger partial charge in [-0.05, 0) is 44.0 Å². The van der Waals surface area contributed by atoms with Crippen molar-refractivity contribution in [2.45, 2.75) is 33.6 Å². The minimum Gasteiger partial charge on any atom is -0.352 e. The Labute approximate surface area is 165 Å². The monoisotopic (exact) mass is 378 g/mol. The van der Waals surface area contributed by atoms with Crippen molar-refractivity contribution in [1.82, 2.24) is 29.9 Å². The summed E-state index contributed by atoms with van der Waals surface area (Å²) in [6.07, 6.45) is 1.85. The van der Waals surface area contributed by atoms with E-state index in [1.54, 1.807) is 0 Å². The van der Waals surface area contributed by atoms with Crippen molar-refractivity contribution in [1.29, 1.82) is 0 Å². The van der Waals surface area contributed by atoms with Crippen LogP contribution in [-0.2, 0) is 0 Å². The molecule has 146 valence electrons. The topological polar surface area (TPSA) is 75.9 Å². The number of aryl methyl sites for hydroxylation is 2. The molecule has 0 unspecified atom stereocenters. The van der Waals surface area contributed by atoms with Gasteiger partial charge in [0.15, 0.2) is 11.6 Å². The van der Waals surface area contributed by atoms with Crippen LogP contribution in [0.3, 0.4) is 0 Å². The van der Waals surface area contributed by atoms with Crippen molar-refractivity contribution in [3.8, 4) is 5.82 Å². The third-order valence-corrected chi connectivity index (χ3v) is 5.01. The number of piperazine rings is 1. The molecular formula is C20H26N8. The molecule has 3 aromatic heterocycles. The summed E-state index contributed by atoms with van der Waals surface area (Å²) in [6.45, 7) is 11.8. The van der Waals surface area contributed by atoms with Gasteiger partial charge in [-0.2, -0.15) is 5.10 Å². The van der Waals surface area contributed by atoms with Crippen molar-refractivity contribution in [2.75, 3.05) is 36.0 Å². The lowest BCUT2D eigenvalue weighted by Crippen LogP contribution is -2.47. The van der Waals surface area contributed by atoms with Gasteiger partial charge in [-0.15, -0.1) is 10.2 Å². The summed E-state index contributed by atoms with van der Waals surface area (Å²) < 4.78 is 1.82. The number of hydrogen-bond acceptors (Lipinski definition) is 7. The van der Waals surface area contributed by atoms with Crippen LogP contribution in [-0.4, -0.2) is 56.1 Å². The second-order valence-electron chi connectivity index (χ2n) is 7.50. The zero-order chi connectivity index (χ0) is 19.7. The van der Waals surface area contributed by atoms with E-state index in [1.165, 1.54) is 0 Å². The Morgan fingerprint density at radius 3 is 2.18 bits per heavy atom. The standard InChI is InChI=1S/C20H26N8/c1-14(2)17-7-8-21-20(22-17)27-11-9-26(10-12-27)18-5-6-19(24-23-18)28-16(4)13-15(3)25-28/h5-8,13-14H,9-12H2,1-4H3. The average Bonchev–Trinajstić information content (AvgIpc) is 3.06. The summed E-state index contributed by atoms with van der Waals surface area (Å²) in [5, 5.41) is 13.3. The highest BCUT2D eigenvalue weighted by Gasteiger charge is 2.21. The van der Waals surface area contributed by atoms with Crippen LogP contribution in [0.25, 0.3) is 5.82 Å². The van der Waals surface area contributed by atoms with Crippen molar-refractivity contribution in [3.63, 3.8) is 0 Å². The maximum atomic E-state index is 4.71. The van der Waals surface area contributed by atoms with Crippen molar-refractivity contribution in [3.05, 3.63) is 47.5 Å². The summed E-state index contributed by atoms with van der Waals surface area (Å²) in [4.78, 5) is 13.7. The van der Waals surface area contributed by atoms with Crippen LogP contribution in [0.2, 0.25) is 0 Å². The Hall–Kier alpha value is -3.03. The molecule has 8 heteroatoms. The molecule has 1 saturated heterocycles. The van der Waals surface area contributed by atoms with Gasteiger partial charge in [0.05, 0.1) is 5.69 Å². The first-order valence-corrected chi connectivity index (χ1v) is 9.71. The fourth-order valence-electron chi connectivity index (χ4n) is 3.43. The van der Waals surface area contributed by atoms with Gasteiger partial charge in [-0.25, -0.2) is 14.6 Å². The van der Waals surface area contributed by atoms with E-state index >= 15 is 0 Å². The number of nitrogens with zero attached hydrogens (tertiary/aromatic N) is 8. The smallest absolute Gasteiger partial charge is 0.225 e. The van der Waals surface area contributed by atoms with E-state index in [0.717, 1.165) is 60.8 Å². The normalized spacial score (nSPS) is 14.8. The van der Waals surface area contributed by atoms with Gasteiger partial charge in [0.2, 0.25) is 5.95 Å². The Bertz CT molecular complexity index is 939. The number of hydrogen-bond donors (Lipinski definition) is 0. The van der Waals surface area contributed by atoms with E-state index < -0.39 is 0 Å². The highest BCUT2D eigenvalue weighted by molar-refractivity contribution is 5.43. The van der Waals surface area contributed by atoms with Crippen molar-refractivity contribution >= 4 is 11.8 Å². The van der Waals surface area contributed by atoms with E-state index in [0.29, 0.717) is 5.92 Å². The van der Waals surface area contributed by atoms with Crippen LogP contribution >= 0.6 is 0 Å². The van der Waals surface area contributed by atoms with Crippen LogP contribution in [0.4, 0.5) is 11.8 Å². The van der Waals surface area contributed by atoms with E-state index in [2.05, 4.69) is 43.9 Å². The predicted molar refractivity (Wildman–Crippen MR) is 109 cm³/mol. The largest absolute Gasteiger partial charge is 0.352 e. The highest BCUT2D eigenvalue weighted by atomic mass is 15.4. The lowest BCUT2D eigenvalue weighted by molar-refractivity contribution is 0.627. The van der Waals surface area contributed by atoms with Gasteiger partial charge in [0.1, 0.15) is 0 Å². The Morgan fingerprint density at radius 2 is 1.57 bits per heavy atom. The minimum atomic E-state index is 0.402. The SMILES string of the molecule is Cc1cc(C)n(-c2ccc(N3CCN(c4nccc(C(C)C)n4)CC3)nn2)n1. The van der Waals surface area contributed by atoms with E-state index in [4.69, 9.17) is 4.98 Å². The van der Waals surface area contributed by atoms with Crippen LogP contribution in [0.15, 0.2) is 30.5 Å². The van der Waals surface area contributed by atoms with Gasteiger partial charge in [-0.1, -0.05) is 13.8 Å². The molecule has 0 bridgehead atoms. The van der Waals surface area contributed by atoms with Crippen LogP contribution in [0, 0.1) is 13.8 Å². The highest BCUT2D eigenvalue weighted by Crippen LogP contribution is 2.19. The molecule has 1 aliphatic rings. The fraction of sp³-hybridized carbons (Fsp3) is 0.450. The van der Waals surface area contributed by atoms with Crippen molar-refractivity contribution in [2.24, 2.45) is 0 Å². The van der Waals surface area contributed by atoms with E-state index in [9.17, 15) is 0 Å². The number of rotatable bonds is 4. The number of aromatic nitrogens is 6. The van der Waals surface area contributed by atoms with Gasteiger partial charge in [0.25, 0.3) is 0 Å². The lowest BCUT2D eigenvalue weighted by Gasteiger charge is -2.35. The Morgan fingerprint density at radius 1 is 0.893 bits per heavy atom. The van der Waals surface area contributed by atoms with Crippen molar-refractivity contribution < 1.29 is 0 Å². The molecule has 0 atom stereocenters. The molecule has 0 radical (unpaired) electrons. The van der Waals surface area contributed by atoms with Gasteiger partial charge in [0, 0.05) is 43.8 Å². The zero-order valence-electron chi connectivity index (χ0n) is 16.9. The molecule has 1 aliphatic heterocycles. The molecule has 0 amide bonds. The van der Waals surface area contributed by atoms with Crippen LogP contribution in [0.1, 0.15) is 36.8 Å². The summed E-state index contributed by atoms with van der Waals surface area (Å²) in [6, 6.07) is 8.02. The van der Waals surface area contributed by atoms with Crippen LogP contribution < -0.4 is 9.80 Å².